The number of nitrogens with one attached hydrogen (secondary N) is 1. The van der Waals surface area contributed by atoms with Crippen molar-refractivity contribution < 1.29 is 0 Å². The molecule has 0 aliphatic rings. The molecule has 1 aromatic rings. The summed E-state index contributed by atoms with van der Waals surface area (Å²) in [6.45, 7) is 13.2. The fourth-order valence-electron chi connectivity index (χ4n) is 1.26. The van der Waals surface area contributed by atoms with Gasteiger partial charge >= 0.3 is 0 Å². The van der Waals surface area contributed by atoms with Crippen molar-refractivity contribution in [2.45, 2.75) is 51.7 Å². The van der Waals surface area contributed by atoms with Gasteiger partial charge in [-0.1, -0.05) is 34.6 Å². The van der Waals surface area contributed by atoms with E-state index in [1.807, 2.05) is 29.3 Å². The predicted molar refractivity (Wildman–Crippen MR) is 79.7 cm³/mol. The summed E-state index contributed by atoms with van der Waals surface area (Å²) in [5.41, 5.74) is 0. The van der Waals surface area contributed by atoms with Gasteiger partial charge in [-0.05, 0) is 12.5 Å². The minimum absolute atomic E-state index is 0.321. The summed E-state index contributed by atoms with van der Waals surface area (Å²) >= 11 is 3.79. The molecule has 17 heavy (non-hydrogen) atoms. The van der Waals surface area contributed by atoms with Crippen molar-refractivity contribution in [1.82, 2.24) is 10.3 Å². The number of hydrogen-bond donors (Lipinski definition) is 1. The average Bonchev–Trinajstić information content (AvgIpc) is 2.61. The second kappa shape index (κ2) is 6.76. The smallest absolute Gasteiger partial charge is 0.103 e. The molecule has 98 valence electrons. The predicted octanol–water partition coefficient (Wildman–Crippen LogP) is 3.92. The van der Waals surface area contributed by atoms with Crippen molar-refractivity contribution >= 4 is 23.1 Å². The van der Waals surface area contributed by atoms with Crippen LogP contribution in [0.15, 0.2) is 6.20 Å². The Hall–Kier alpha value is -0.0600. The van der Waals surface area contributed by atoms with Gasteiger partial charge in [-0.15, -0.1) is 23.1 Å². The van der Waals surface area contributed by atoms with Gasteiger partial charge in [-0.3, -0.25) is 0 Å². The first-order chi connectivity index (χ1) is 7.87. The lowest BCUT2D eigenvalue weighted by atomic mass is 10.2. The van der Waals surface area contributed by atoms with Gasteiger partial charge in [0, 0.05) is 28.1 Å². The van der Waals surface area contributed by atoms with E-state index in [9.17, 15) is 0 Å². The van der Waals surface area contributed by atoms with E-state index in [1.54, 1.807) is 0 Å². The van der Waals surface area contributed by atoms with Gasteiger partial charge in [0.25, 0.3) is 0 Å². The number of nitrogens with zero attached hydrogens (tertiary/aromatic N) is 1. The molecule has 1 heterocycles. The molecule has 1 aromatic heterocycles. The van der Waals surface area contributed by atoms with Crippen molar-refractivity contribution in [1.29, 1.82) is 0 Å². The highest BCUT2D eigenvalue weighted by molar-refractivity contribution is 7.99. The van der Waals surface area contributed by atoms with E-state index >= 15 is 0 Å². The van der Waals surface area contributed by atoms with Crippen LogP contribution >= 0.6 is 23.1 Å². The summed E-state index contributed by atoms with van der Waals surface area (Å²) in [4.78, 5) is 5.82. The van der Waals surface area contributed by atoms with Crippen LogP contribution < -0.4 is 5.32 Å². The fraction of sp³-hybridized carbons (Fsp3) is 0.769. The quantitative estimate of drug-likeness (QED) is 0.849. The Balaban J connectivity index is 2.32. The number of thioether (sulfide) groups is 1. The number of thiazole rings is 1. The molecule has 0 spiro atoms. The standard InChI is InChI=1S/C13H24N2S2/c1-10(2)6-14-7-11-8-15-12(17-11)9-16-13(3,4)5/h8,10,14H,6-7,9H2,1-5H3. The molecule has 0 atom stereocenters. The van der Waals surface area contributed by atoms with Crippen molar-refractivity contribution in [2.75, 3.05) is 6.54 Å². The highest BCUT2D eigenvalue weighted by Crippen LogP contribution is 2.28. The average molecular weight is 272 g/mol. The molecule has 0 radical (unpaired) electrons. The minimum Gasteiger partial charge on any atom is -0.312 e. The van der Waals surface area contributed by atoms with Gasteiger partial charge in [0.2, 0.25) is 0 Å². The van der Waals surface area contributed by atoms with Crippen LogP contribution in [0.25, 0.3) is 0 Å². The zero-order chi connectivity index (χ0) is 12.9. The SMILES string of the molecule is CC(C)CNCc1cnc(CSC(C)(C)C)s1. The Morgan fingerprint density at radius 3 is 2.71 bits per heavy atom. The van der Waals surface area contributed by atoms with E-state index in [-0.39, 0.29) is 0 Å². The number of aromatic nitrogens is 1. The van der Waals surface area contributed by atoms with Gasteiger partial charge in [0.05, 0.1) is 0 Å². The normalized spacial score (nSPS) is 12.4. The van der Waals surface area contributed by atoms with E-state index in [2.05, 4.69) is 44.9 Å². The Kier molecular flexibility index (Phi) is 5.97. The monoisotopic (exact) mass is 272 g/mol. The maximum atomic E-state index is 4.47. The number of rotatable bonds is 6. The zero-order valence-electron chi connectivity index (χ0n) is 11.5. The maximum Gasteiger partial charge on any atom is 0.103 e. The molecule has 0 aliphatic carbocycles. The van der Waals surface area contributed by atoms with Crippen LogP contribution in [-0.2, 0) is 12.3 Å². The van der Waals surface area contributed by atoms with Gasteiger partial charge in [0.1, 0.15) is 5.01 Å². The van der Waals surface area contributed by atoms with Gasteiger partial charge in [-0.2, -0.15) is 0 Å². The molecule has 0 aromatic carbocycles. The Labute approximate surface area is 114 Å². The zero-order valence-corrected chi connectivity index (χ0v) is 13.2. The lowest BCUT2D eigenvalue weighted by molar-refractivity contribution is 0.554. The second-order valence-corrected chi connectivity index (χ2v) is 8.65. The largest absolute Gasteiger partial charge is 0.312 e. The summed E-state index contributed by atoms with van der Waals surface area (Å²) in [6, 6.07) is 0. The third kappa shape index (κ3) is 7.06. The Morgan fingerprint density at radius 1 is 1.41 bits per heavy atom. The minimum atomic E-state index is 0.321. The van der Waals surface area contributed by atoms with Crippen LogP contribution in [0.2, 0.25) is 0 Å². The van der Waals surface area contributed by atoms with Crippen LogP contribution in [0.1, 0.15) is 44.5 Å². The summed E-state index contributed by atoms with van der Waals surface area (Å²) in [6.07, 6.45) is 2.01. The molecule has 1 rings (SSSR count). The van der Waals surface area contributed by atoms with E-state index < -0.39 is 0 Å². The van der Waals surface area contributed by atoms with E-state index in [1.165, 1.54) is 9.88 Å². The third-order valence-electron chi connectivity index (χ3n) is 2.08. The van der Waals surface area contributed by atoms with Crippen LogP contribution in [0.5, 0.6) is 0 Å². The Morgan fingerprint density at radius 2 is 2.12 bits per heavy atom. The first-order valence-electron chi connectivity index (χ1n) is 6.15. The molecule has 0 unspecified atom stereocenters. The van der Waals surface area contributed by atoms with Gasteiger partial charge in [0.15, 0.2) is 0 Å². The van der Waals surface area contributed by atoms with Crippen molar-refractivity contribution in [3.8, 4) is 0 Å². The summed E-state index contributed by atoms with van der Waals surface area (Å²) in [5.74, 6) is 1.73. The lowest BCUT2D eigenvalue weighted by Gasteiger charge is -2.16. The summed E-state index contributed by atoms with van der Waals surface area (Å²) < 4.78 is 0.321. The molecule has 2 nitrogen and oxygen atoms in total. The maximum absolute atomic E-state index is 4.47. The lowest BCUT2D eigenvalue weighted by Crippen LogP contribution is -2.18. The molecule has 0 bridgehead atoms. The molecule has 0 fully saturated rings. The fourth-order valence-corrected chi connectivity index (χ4v) is 2.99. The first kappa shape index (κ1) is 15.0. The first-order valence-corrected chi connectivity index (χ1v) is 7.95. The van der Waals surface area contributed by atoms with Crippen LogP contribution in [0.4, 0.5) is 0 Å². The Bertz CT molecular complexity index is 326. The summed E-state index contributed by atoms with van der Waals surface area (Å²) in [7, 11) is 0. The summed E-state index contributed by atoms with van der Waals surface area (Å²) in [5, 5.41) is 4.69. The molecule has 0 saturated carbocycles. The third-order valence-corrected chi connectivity index (χ3v) is 4.55. The van der Waals surface area contributed by atoms with Crippen LogP contribution in [0, 0.1) is 5.92 Å². The molecule has 0 amide bonds. The van der Waals surface area contributed by atoms with E-state index in [4.69, 9.17) is 0 Å². The van der Waals surface area contributed by atoms with E-state index in [0.29, 0.717) is 10.7 Å². The second-order valence-electron chi connectivity index (χ2n) is 5.65. The van der Waals surface area contributed by atoms with Crippen molar-refractivity contribution in [3.05, 3.63) is 16.1 Å². The van der Waals surface area contributed by atoms with Crippen LogP contribution in [-0.4, -0.2) is 16.3 Å². The molecule has 4 heteroatoms. The van der Waals surface area contributed by atoms with Crippen molar-refractivity contribution in [3.63, 3.8) is 0 Å². The van der Waals surface area contributed by atoms with Crippen LogP contribution in [0.3, 0.4) is 0 Å². The van der Waals surface area contributed by atoms with Gasteiger partial charge in [-0.25, -0.2) is 4.98 Å². The number of hydrogen-bond acceptors (Lipinski definition) is 4. The molecule has 0 saturated heterocycles. The topological polar surface area (TPSA) is 24.9 Å². The van der Waals surface area contributed by atoms with E-state index in [0.717, 1.165) is 18.8 Å². The molecule has 0 aliphatic heterocycles. The molecular weight excluding hydrogens is 248 g/mol. The molecule has 1 N–H and O–H groups in total. The highest BCUT2D eigenvalue weighted by Gasteiger charge is 2.12. The highest BCUT2D eigenvalue weighted by atomic mass is 32.2. The molecular formula is C13H24N2S2. The van der Waals surface area contributed by atoms with Crippen molar-refractivity contribution in [2.24, 2.45) is 5.92 Å². The van der Waals surface area contributed by atoms with Gasteiger partial charge < -0.3 is 5.32 Å².